The van der Waals surface area contributed by atoms with Crippen LogP contribution >= 0.6 is 0 Å². The van der Waals surface area contributed by atoms with E-state index in [1.54, 1.807) is 0 Å². The fraction of sp³-hybridized carbons (Fsp3) is 0.333. The van der Waals surface area contributed by atoms with Gasteiger partial charge in [-0.15, -0.1) is 5.10 Å². The molecule has 0 amide bonds. The monoisotopic (exact) mass is 256 g/mol. The molecule has 2 rings (SSSR count). The van der Waals surface area contributed by atoms with Gasteiger partial charge in [0.15, 0.2) is 5.82 Å². The molecule has 0 aliphatic heterocycles. The van der Waals surface area contributed by atoms with Crippen LogP contribution in [-0.4, -0.2) is 17.2 Å². The SMILES string of the molecule is CNc1cccc(Nc2ccc(CC(C)C)nn2)c1. The third kappa shape index (κ3) is 3.95. The lowest BCUT2D eigenvalue weighted by molar-refractivity contribution is 0.628. The Morgan fingerprint density at radius 1 is 1.05 bits per heavy atom. The van der Waals surface area contributed by atoms with E-state index < -0.39 is 0 Å². The van der Waals surface area contributed by atoms with E-state index in [-0.39, 0.29) is 0 Å². The molecule has 0 fully saturated rings. The molecular formula is C15H20N4. The first-order valence-electron chi connectivity index (χ1n) is 6.55. The smallest absolute Gasteiger partial charge is 0.153 e. The van der Waals surface area contributed by atoms with Crippen LogP contribution < -0.4 is 10.6 Å². The number of nitrogens with one attached hydrogen (secondary N) is 2. The zero-order valence-electron chi connectivity index (χ0n) is 11.6. The Labute approximate surface area is 114 Å². The van der Waals surface area contributed by atoms with Crippen molar-refractivity contribution >= 4 is 17.2 Å². The quantitative estimate of drug-likeness (QED) is 0.860. The zero-order chi connectivity index (χ0) is 13.7. The molecule has 100 valence electrons. The first-order chi connectivity index (χ1) is 9.17. The second-order valence-corrected chi connectivity index (χ2v) is 4.96. The van der Waals surface area contributed by atoms with E-state index in [0.717, 1.165) is 29.3 Å². The second kappa shape index (κ2) is 6.18. The lowest BCUT2D eigenvalue weighted by Gasteiger charge is -2.08. The zero-order valence-corrected chi connectivity index (χ0v) is 11.6. The predicted octanol–water partition coefficient (Wildman–Crippen LogP) is 3.46. The van der Waals surface area contributed by atoms with Crippen LogP contribution in [0.5, 0.6) is 0 Å². The first kappa shape index (κ1) is 13.3. The van der Waals surface area contributed by atoms with Crippen molar-refractivity contribution in [1.29, 1.82) is 0 Å². The average Bonchev–Trinajstić information content (AvgIpc) is 2.41. The van der Waals surface area contributed by atoms with Gasteiger partial charge in [-0.25, -0.2) is 0 Å². The molecule has 0 bridgehead atoms. The Morgan fingerprint density at radius 3 is 2.47 bits per heavy atom. The minimum absolute atomic E-state index is 0.598. The molecule has 0 saturated heterocycles. The van der Waals surface area contributed by atoms with E-state index >= 15 is 0 Å². The van der Waals surface area contributed by atoms with Crippen molar-refractivity contribution < 1.29 is 0 Å². The number of aromatic nitrogens is 2. The van der Waals surface area contributed by atoms with Gasteiger partial charge >= 0.3 is 0 Å². The minimum Gasteiger partial charge on any atom is -0.388 e. The van der Waals surface area contributed by atoms with Crippen LogP contribution in [0.25, 0.3) is 0 Å². The van der Waals surface area contributed by atoms with Gasteiger partial charge in [-0.2, -0.15) is 5.10 Å². The Balaban J connectivity index is 2.06. The largest absolute Gasteiger partial charge is 0.388 e. The summed E-state index contributed by atoms with van der Waals surface area (Å²) in [6, 6.07) is 12.0. The number of nitrogens with zero attached hydrogens (tertiary/aromatic N) is 2. The van der Waals surface area contributed by atoms with Crippen LogP contribution in [0.4, 0.5) is 17.2 Å². The highest BCUT2D eigenvalue weighted by Gasteiger charge is 2.01. The molecule has 1 aromatic carbocycles. The fourth-order valence-electron chi connectivity index (χ4n) is 1.85. The third-order valence-electron chi connectivity index (χ3n) is 2.76. The molecule has 0 saturated carbocycles. The van der Waals surface area contributed by atoms with Crippen LogP contribution in [-0.2, 0) is 6.42 Å². The highest BCUT2D eigenvalue weighted by molar-refractivity contribution is 5.62. The lowest BCUT2D eigenvalue weighted by Crippen LogP contribution is -2.01. The van der Waals surface area contributed by atoms with Crippen LogP contribution in [0.15, 0.2) is 36.4 Å². The molecule has 4 nitrogen and oxygen atoms in total. The maximum absolute atomic E-state index is 4.23. The molecule has 0 atom stereocenters. The number of benzene rings is 1. The molecule has 1 aromatic heterocycles. The fourth-order valence-corrected chi connectivity index (χ4v) is 1.85. The topological polar surface area (TPSA) is 49.8 Å². The summed E-state index contributed by atoms with van der Waals surface area (Å²) in [4.78, 5) is 0. The summed E-state index contributed by atoms with van der Waals surface area (Å²) < 4.78 is 0. The van der Waals surface area contributed by atoms with E-state index in [1.165, 1.54) is 0 Å². The van der Waals surface area contributed by atoms with Gasteiger partial charge in [0.2, 0.25) is 0 Å². The van der Waals surface area contributed by atoms with Crippen molar-refractivity contribution in [2.75, 3.05) is 17.7 Å². The Bertz CT molecular complexity index is 520. The molecule has 0 aliphatic rings. The number of rotatable bonds is 5. The van der Waals surface area contributed by atoms with Gasteiger partial charge in [-0.3, -0.25) is 0 Å². The van der Waals surface area contributed by atoms with E-state index in [9.17, 15) is 0 Å². The van der Waals surface area contributed by atoms with E-state index in [1.807, 2.05) is 43.4 Å². The molecule has 0 radical (unpaired) electrons. The highest BCUT2D eigenvalue weighted by atomic mass is 15.2. The molecule has 19 heavy (non-hydrogen) atoms. The highest BCUT2D eigenvalue weighted by Crippen LogP contribution is 2.18. The van der Waals surface area contributed by atoms with Crippen molar-refractivity contribution in [3.63, 3.8) is 0 Å². The summed E-state index contributed by atoms with van der Waals surface area (Å²) >= 11 is 0. The van der Waals surface area contributed by atoms with Crippen LogP contribution in [0.1, 0.15) is 19.5 Å². The molecule has 0 unspecified atom stereocenters. The van der Waals surface area contributed by atoms with Crippen LogP contribution in [0.2, 0.25) is 0 Å². The molecule has 4 heteroatoms. The third-order valence-corrected chi connectivity index (χ3v) is 2.76. The van der Waals surface area contributed by atoms with Gasteiger partial charge in [-0.05, 0) is 42.7 Å². The summed E-state index contributed by atoms with van der Waals surface area (Å²) in [7, 11) is 1.90. The number of hydrogen-bond acceptors (Lipinski definition) is 4. The summed E-state index contributed by atoms with van der Waals surface area (Å²) in [6.07, 6.45) is 0.961. The maximum atomic E-state index is 4.23. The van der Waals surface area contributed by atoms with Gasteiger partial charge in [0, 0.05) is 18.4 Å². The molecular weight excluding hydrogens is 236 g/mol. The Hall–Kier alpha value is -2.10. The maximum Gasteiger partial charge on any atom is 0.153 e. The van der Waals surface area contributed by atoms with Crippen molar-refractivity contribution in [2.24, 2.45) is 5.92 Å². The molecule has 0 aliphatic carbocycles. The minimum atomic E-state index is 0.598. The number of anilines is 3. The van der Waals surface area contributed by atoms with E-state index in [2.05, 4.69) is 34.7 Å². The second-order valence-electron chi connectivity index (χ2n) is 4.96. The summed E-state index contributed by atoms with van der Waals surface area (Å²) in [5.41, 5.74) is 3.09. The van der Waals surface area contributed by atoms with E-state index in [4.69, 9.17) is 0 Å². The molecule has 1 heterocycles. The lowest BCUT2D eigenvalue weighted by atomic mass is 10.1. The molecule has 2 N–H and O–H groups in total. The van der Waals surface area contributed by atoms with Crippen LogP contribution in [0.3, 0.4) is 0 Å². The van der Waals surface area contributed by atoms with Crippen molar-refractivity contribution in [1.82, 2.24) is 10.2 Å². The van der Waals surface area contributed by atoms with Gasteiger partial charge in [0.1, 0.15) is 0 Å². The average molecular weight is 256 g/mol. The van der Waals surface area contributed by atoms with Gasteiger partial charge in [0.25, 0.3) is 0 Å². The Kier molecular flexibility index (Phi) is 4.34. The van der Waals surface area contributed by atoms with Gasteiger partial charge < -0.3 is 10.6 Å². The van der Waals surface area contributed by atoms with Gasteiger partial charge in [-0.1, -0.05) is 19.9 Å². The predicted molar refractivity (Wildman–Crippen MR) is 79.8 cm³/mol. The summed E-state index contributed by atoms with van der Waals surface area (Å²) in [5.74, 6) is 1.36. The number of hydrogen-bond donors (Lipinski definition) is 2. The normalized spacial score (nSPS) is 10.5. The first-order valence-corrected chi connectivity index (χ1v) is 6.55. The molecule has 2 aromatic rings. The van der Waals surface area contributed by atoms with Crippen LogP contribution in [0, 0.1) is 5.92 Å². The van der Waals surface area contributed by atoms with E-state index in [0.29, 0.717) is 5.92 Å². The van der Waals surface area contributed by atoms with Gasteiger partial charge in [0.05, 0.1) is 5.69 Å². The van der Waals surface area contributed by atoms with Crippen molar-refractivity contribution in [2.45, 2.75) is 20.3 Å². The Morgan fingerprint density at radius 2 is 1.84 bits per heavy atom. The van der Waals surface area contributed by atoms with Crippen molar-refractivity contribution in [3.8, 4) is 0 Å². The summed E-state index contributed by atoms with van der Waals surface area (Å²) in [5, 5.41) is 14.8. The van der Waals surface area contributed by atoms with Crippen molar-refractivity contribution in [3.05, 3.63) is 42.1 Å². The molecule has 0 spiro atoms. The standard InChI is InChI=1S/C15H20N4/c1-11(2)9-14-7-8-15(19-18-14)17-13-6-4-5-12(10-13)16-3/h4-8,10-11,16H,9H2,1-3H3,(H,17,19). The summed E-state index contributed by atoms with van der Waals surface area (Å²) in [6.45, 7) is 4.36.